The van der Waals surface area contributed by atoms with Gasteiger partial charge in [0.05, 0.1) is 24.0 Å². The number of hydrogen-bond acceptors (Lipinski definition) is 9. The van der Waals surface area contributed by atoms with Gasteiger partial charge in [-0.2, -0.15) is 0 Å². The van der Waals surface area contributed by atoms with Crippen molar-refractivity contribution in [2.24, 2.45) is 17.6 Å². The van der Waals surface area contributed by atoms with Crippen molar-refractivity contribution in [2.75, 3.05) is 28.4 Å². The van der Waals surface area contributed by atoms with Gasteiger partial charge in [-0.25, -0.2) is 4.79 Å². The number of fused-ring (bicyclic) bond motifs is 2. The molecule has 0 unspecified atom stereocenters. The van der Waals surface area contributed by atoms with Crippen molar-refractivity contribution in [1.29, 1.82) is 0 Å². The molecule has 11 nitrogen and oxygen atoms in total. The van der Waals surface area contributed by atoms with Gasteiger partial charge in [-0.05, 0) is 37.8 Å². The quantitative estimate of drug-likeness (QED) is 0.373. The molecule has 0 saturated heterocycles. The van der Waals surface area contributed by atoms with Crippen LogP contribution in [0.25, 0.3) is 0 Å². The van der Waals surface area contributed by atoms with Crippen molar-refractivity contribution in [3.63, 3.8) is 0 Å². The highest BCUT2D eigenvalue weighted by Gasteiger charge is 2.36. The molecule has 7 atom stereocenters. The molecule has 1 aliphatic carbocycles. The zero-order valence-corrected chi connectivity index (χ0v) is 25.0. The monoisotopic (exact) mass is 574 g/mol. The molecule has 226 valence electrons. The average Bonchev–Trinajstić information content (AvgIpc) is 2.91. The lowest BCUT2D eigenvalue weighted by Crippen LogP contribution is -2.41. The van der Waals surface area contributed by atoms with E-state index in [0.717, 1.165) is 6.08 Å². The van der Waals surface area contributed by atoms with Gasteiger partial charge in [0, 0.05) is 51.6 Å². The first-order valence-corrected chi connectivity index (χ1v) is 13.3. The number of rotatable bonds is 5. The van der Waals surface area contributed by atoms with Crippen molar-refractivity contribution in [3.05, 3.63) is 58.9 Å². The second-order valence-corrected chi connectivity index (χ2v) is 10.2. The summed E-state index contributed by atoms with van der Waals surface area (Å²) in [6, 6.07) is 0. The van der Waals surface area contributed by atoms with E-state index in [-0.39, 0.29) is 28.7 Å². The fourth-order valence-corrected chi connectivity index (χ4v) is 5.21. The Morgan fingerprint density at radius 2 is 1.63 bits per heavy atom. The first-order chi connectivity index (χ1) is 19.4. The number of methoxy groups -OCH3 is 4. The van der Waals surface area contributed by atoms with E-state index in [1.165, 1.54) is 26.4 Å². The summed E-state index contributed by atoms with van der Waals surface area (Å²) >= 11 is 0. The van der Waals surface area contributed by atoms with Gasteiger partial charge < -0.3 is 34.7 Å². The van der Waals surface area contributed by atoms with Gasteiger partial charge >= 0.3 is 6.09 Å². The van der Waals surface area contributed by atoms with E-state index in [1.807, 2.05) is 19.9 Å². The Morgan fingerprint density at radius 3 is 2.20 bits per heavy atom. The zero-order valence-electron chi connectivity index (χ0n) is 25.0. The summed E-state index contributed by atoms with van der Waals surface area (Å²) in [5.74, 6) is -2.04. The van der Waals surface area contributed by atoms with Crippen LogP contribution in [-0.2, 0) is 38.1 Å². The van der Waals surface area contributed by atoms with E-state index in [9.17, 15) is 19.2 Å². The van der Waals surface area contributed by atoms with E-state index in [4.69, 9.17) is 29.4 Å². The van der Waals surface area contributed by atoms with Gasteiger partial charge in [0.25, 0.3) is 5.91 Å². The third-order valence-electron chi connectivity index (χ3n) is 7.27. The smallest absolute Gasteiger partial charge is 0.405 e. The summed E-state index contributed by atoms with van der Waals surface area (Å²) in [6.45, 7) is 7.17. The highest BCUT2D eigenvalue weighted by molar-refractivity contribution is 6.22. The van der Waals surface area contributed by atoms with E-state index in [0.29, 0.717) is 12.0 Å². The molecule has 0 aromatic carbocycles. The van der Waals surface area contributed by atoms with E-state index < -0.39 is 54.1 Å². The first-order valence-electron chi connectivity index (χ1n) is 13.3. The molecule has 2 amide bonds. The fraction of sp³-hybridized carbons (Fsp3) is 0.533. The molecule has 0 radical (unpaired) electrons. The number of ketones is 2. The largest absolute Gasteiger partial charge is 0.439 e. The number of hydrogen-bond donors (Lipinski definition) is 2. The minimum absolute atomic E-state index is 0.141. The van der Waals surface area contributed by atoms with Crippen molar-refractivity contribution in [2.45, 2.75) is 64.6 Å². The Bertz CT molecular complexity index is 1150. The fourth-order valence-electron chi connectivity index (χ4n) is 5.21. The molecule has 3 N–H and O–H groups in total. The standard InChI is InChI=1S/C30H42N2O9/c1-16-10-9-11-23(37-5)28(41-30(31)36)18(3)12-17(2)27(40-8)24(38-6)13-19(4)26(39-7)21-14-20(33)15-22(25(21)34)32-29(16)35/h9-12,14-15,17,19,23-24,26-28H,13H2,1-8H3,(H2,31,36)(H,32,35)/b11-9-,16-10+,18-12+/t17-,19-,23-,24-,26+,27+,28-/m0/s1. The van der Waals surface area contributed by atoms with Crippen molar-refractivity contribution in [1.82, 2.24) is 5.32 Å². The highest BCUT2D eigenvalue weighted by Crippen LogP contribution is 2.30. The van der Waals surface area contributed by atoms with E-state index in [1.54, 1.807) is 40.2 Å². The van der Waals surface area contributed by atoms with Crippen LogP contribution in [0, 0.1) is 11.8 Å². The topological polar surface area (TPSA) is 152 Å². The Balaban J connectivity index is 2.66. The van der Waals surface area contributed by atoms with Crippen LogP contribution in [0.5, 0.6) is 0 Å². The molecule has 1 heterocycles. The van der Waals surface area contributed by atoms with Crippen molar-refractivity contribution < 1.29 is 42.9 Å². The molecule has 1 aliphatic heterocycles. The second-order valence-electron chi connectivity index (χ2n) is 10.2. The number of allylic oxidation sites excluding steroid dienone is 5. The molecular weight excluding hydrogens is 532 g/mol. The summed E-state index contributed by atoms with van der Waals surface area (Å²) in [6.07, 6.45) is 5.11. The molecule has 41 heavy (non-hydrogen) atoms. The number of amides is 2. The first kappa shape index (κ1) is 33.8. The SMILES string of the molecule is CO[C@H]1[C@@H](OC)C[C@H](C)[C@@H](OC)C2=CC(=O)C=C(NC(=O)/C(C)=C/C=C\[C@H](OC)[C@@H](OC(N)=O)/C(C)=C/[C@@H]1C)C2=O. The number of Topliss-reactive ketones (excluding diaryl/α,β-unsaturated/α-hetero) is 1. The predicted molar refractivity (Wildman–Crippen MR) is 152 cm³/mol. The molecular formula is C30H42N2O9. The number of nitrogens with one attached hydrogen (secondary N) is 1. The number of nitrogens with two attached hydrogens (primary N) is 1. The second kappa shape index (κ2) is 15.6. The Morgan fingerprint density at radius 1 is 0.951 bits per heavy atom. The molecule has 0 aromatic rings. The van der Waals surface area contributed by atoms with Gasteiger partial charge in [-0.1, -0.05) is 38.2 Å². The Hall–Kier alpha value is -3.38. The number of ether oxygens (including phenoxy) is 5. The van der Waals surface area contributed by atoms with Gasteiger partial charge in [0.2, 0.25) is 5.78 Å². The van der Waals surface area contributed by atoms with E-state index >= 15 is 0 Å². The summed E-state index contributed by atoms with van der Waals surface area (Å²) in [7, 11) is 6.05. The molecule has 2 rings (SSSR count). The Labute approximate surface area is 241 Å². The summed E-state index contributed by atoms with van der Waals surface area (Å²) in [5, 5.41) is 2.54. The minimum Gasteiger partial charge on any atom is -0.439 e. The van der Waals surface area contributed by atoms with Gasteiger partial charge in [-0.3, -0.25) is 14.4 Å². The van der Waals surface area contributed by atoms with Gasteiger partial charge in [0.1, 0.15) is 6.10 Å². The van der Waals surface area contributed by atoms with Crippen LogP contribution < -0.4 is 11.1 Å². The van der Waals surface area contributed by atoms with Crippen LogP contribution in [0.2, 0.25) is 0 Å². The van der Waals surface area contributed by atoms with E-state index in [2.05, 4.69) is 5.32 Å². The lowest BCUT2D eigenvalue weighted by Gasteiger charge is -2.34. The summed E-state index contributed by atoms with van der Waals surface area (Å²) in [4.78, 5) is 50.6. The molecule has 0 spiro atoms. The minimum atomic E-state index is -0.972. The molecule has 2 aliphatic rings. The van der Waals surface area contributed by atoms with Crippen LogP contribution in [0.1, 0.15) is 34.1 Å². The third kappa shape index (κ3) is 8.80. The predicted octanol–water partition coefficient (Wildman–Crippen LogP) is 2.71. The molecule has 0 fully saturated rings. The number of carbonyl (C=O) groups excluding carboxylic acids is 4. The molecule has 0 aromatic heterocycles. The maximum absolute atomic E-state index is 13.4. The van der Waals surface area contributed by atoms with Crippen LogP contribution in [-0.4, -0.2) is 82.5 Å². The van der Waals surface area contributed by atoms with Crippen LogP contribution in [0.15, 0.2) is 58.9 Å². The molecule has 2 bridgehead atoms. The third-order valence-corrected chi connectivity index (χ3v) is 7.27. The maximum Gasteiger partial charge on any atom is 0.405 e. The van der Waals surface area contributed by atoms with Crippen LogP contribution >= 0.6 is 0 Å². The average molecular weight is 575 g/mol. The maximum atomic E-state index is 13.4. The van der Waals surface area contributed by atoms with Crippen molar-refractivity contribution in [3.8, 4) is 0 Å². The van der Waals surface area contributed by atoms with Crippen LogP contribution in [0.4, 0.5) is 4.79 Å². The number of carbonyl (C=O) groups is 4. The van der Waals surface area contributed by atoms with Gasteiger partial charge in [-0.15, -0.1) is 0 Å². The molecule has 11 heteroatoms. The lowest BCUT2D eigenvalue weighted by atomic mass is 9.84. The highest BCUT2D eigenvalue weighted by atomic mass is 16.6. The zero-order chi connectivity index (χ0) is 30.9. The normalized spacial score (nSPS) is 33.9. The Kier molecular flexibility index (Phi) is 12.8. The van der Waals surface area contributed by atoms with Crippen molar-refractivity contribution >= 4 is 23.6 Å². The molecule has 0 saturated carbocycles. The van der Waals surface area contributed by atoms with Gasteiger partial charge in [0.15, 0.2) is 11.9 Å². The van der Waals surface area contributed by atoms with Crippen LogP contribution in [0.3, 0.4) is 0 Å². The summed E-state index contributed by atoms with van der Waals surface area (Å²) in [5.41, 5.74) is 6.29. The lowest BCUT2D eigenvalue weighted by molar-refractivity contribution is -0.120. The number of primary amides is 1. The summed E-state index contributed by atoms with van der Waals surface area (Å²) < 4.78 is 28.4.